The Hall–Kier alpha value is -1.85. The molecule has 2 rings (SSSR count). The molecular weight excluding hydrogens is 296 g/mol. The smallest absolute Gasteiger partial charge is 0.319 e. The van der Waals surface area contributed by atoms with E-state index in [-0.39, 0.29) is 18.6 Å². The van der Waals surface area contributed by atoms with Crippen molar-refractivity contribution in [2.75, 3.05) is 18.5 Å². The van der Waals surface area contributed by atoms with Gasteiger partial charge in [-0.3, -0.25) is 0 Å². The summed E-state index contributed by atoms with van der Waals surface area (Å²) >= 11 is 1.66. The number of carbonyl (C=O) groups excluding carboxylic acids is 1. The lowest BCUT2D eigenvalue weighted by atomic mass is 9.95. The van der Waals surface area contributed by atoms with Crippen molar-refractivity contribution in [2.45, 2.75) is 25.7 Å². The van der Waals surface area contributed by atoms with Crippen LogP contribution in [0.5, 0.6) is 0 Å². The van der Waals surface area contributed by atoms with Crippen LogP contribution in [0.4, 0.5) is 10.5 Å². The number of rotatable bonds is 7. The van der Waals surface area contributed by atoms with Crippen LogP contribution < -0.4 is 10.6 Å². The Morgan fingerprint density at radius 2 is 2.09 bits per heavy atom. The molecule has 0 bridgehead atoms. The molecule has 0 saturated carbocycles. The number of aliphatic hydroxyl groups excluding tert-OH is 1. The van der Waals surface area contributed by atoms with Crippen LogP contribution >= 0.6 is 11.3 Å². The van der Waals surface area contributed by atoms with Crippen molar-refractivity contribution in [3.63, 3.8) is 0 Å². The van der Waals surface area contributed by atoms with Gasteiger partial charge >= 0.3 is 6.03 Å². The van der Waals surface area contributed by atoms with Crippen LogP contribution in [0.25, 0.3) is 0 Å². The molecule has 5 heteroatoms. The fourth-order valence-electron chi connectivity index (χ4n) is 2.38. The lowest BCUT2D eigenvalue weighted by Crippen LogP contribution is -2.30. The minimum Gasteiger partial charge on any atom is -0.396 e. The van der Waals surface area contributed by atoms with Crippen LogP contribution in [-0.4, -0.2) is 24.3 Å². The summed E-state index contributed by atoms with van der Waals surface area (Å²) in [5.74, 6) is 0.287. The number of hydrogen-bond donors (Lipinski definition) is 3. The molecule has 0 aliphatic heterocycles. The van der Waals surface area contributed by atoms with Gasteiger partial charge in [0, 0.05) is 18.8 Å². The van der Waals surface area contributed by atoms with Crippen LogP contribution in [0.1, 0.15) is 29.9 Å². The Morgan fingerprint density at radius 1 is 1.27 bits per heavy atom. The first-order valence-corrected chi connectivity index (χ1v) is 8.38. The van der Waals surface area contributed by atoms with Gasteiger partial charge in [0.1, 0.15) is 0 Å². The first-order chi connectivity index (χ1) is 10.7. The van der Waals surface area contributed by atoms with E-state index in [1.54, 1.807) is 11.3 Å². The van der Waals surface area contributed by atoms with E-state index in [2.05, 4.69) is 22.1 Å². The average Bonchev–Trinajstić information content (AvgIpc) is 3.03. The molecule has 0 aliphatic carbocycles. The molecule has 0 radical (unpaired) electrons. The minimum atomic E-state index is -0.192. The molecule has 3 N–H and O–H groups in total. The number of aryl methyl sites for hydroxylation is 1. The molecule has 0 spiro atoms. The van der Waals surface area contributed by atoms with E-state index in [9.17, 15) is 9.90 Å². The third kappa shape index (κ3) is 4.86. The maximum absolute atomic E-state index is 11.9. The zero-order chi connectivity index (χ0) is 15.8. The molecule has 4 nitrogen and oxygen atoms in total. The first-order valence-electron chi connectivity index (χ1n) is 7.44. The normalized spacial score (nSPS) is 11.9. The third-order valence-corrected chi connectivity index (χ3v) is 4.37. The van der Waals surface area contributed by atoms with Crippen molar-refractivity contribution in [1.82, 2.24) is 5.32 Å². The van der Waals surface area contributed by atoms with E-state index in [0.717, 1.165) is 24.1 Å². The molecule has 0 saturated heterocycles. The van der Waals surface area contributed by atoms with Gasteiger partial charge in [-0.25, -0.2) is 4.79 Å². The second-order valence-corrected chi connectivity index (χ2v) is 6.03. The number of benzene rings is 1. The summed E-state index contributed by atoms with van der Waals surface area (Å²) in [7, 11) is 0. The zero-order valence-corrected chi connectivity index (χ0v) is 13.5. The van der Waals surface area contributed by atoms with Gasteiger partial charge < -0.3 is 15.7 Å². The number of carbonyl (C=O) groups is 1. The predicted octanol–water partition coefficient (Wildman–Crippen LogP) is 3.73. The van der Waals surface area contributed by atoms with Crippen molar-refractivity contribution in [3.8, 4) is 0 Å². The Kier molecular flexibility index (Phi) is 6.43. The van der Waals surface area contributed by atoms with Crippen molar-refractivity contribution in [1.29, 1.82) is 0 Å². The molecule has 22 heavy (non-hydrogen) atoms. The van der Waals surface area contributed by atoms with Crippen LogP contribution in [-0.2, 0) is 0 Å². The van der Waals surface area contributed by atoms with Gasteiger partial charge in [-0.1, -0.05) is 18.2 Å². The maximum Gasteiger partial charge on any atom is 0.319 e. The number of urea groups is 1. The summed E-state index contributed by atoms with van der Waals surface area (Å²) in [6.45, 7) is 2.71. The molecule has 0 unspecified atom stereocenters. The molecule has 0 fully saturated rings. The number of nitrogens with one attached hydrogen (secondary N) is 2. The van der Waals surface area contributed by atoms with Crippen LogP contribution in [0.2, 0.25) is 0 Å². The summed E-state index contributed by atoms with van der Waals surface area (Å²) in [5, 5.41) is 19.1. The van der Waals surface area contributed by atoms with E-state index in [4.69, 9.17) is 0 Å². The third-order valence-electron chi connectivity index (χ3n) is 3.66. The lowest BCUT2D eigenvalue weighted by molar-refractivity contribution is 0.250. The summed E-state index contributed by atoms with van der Waals surface area (Å²) in [6, 6.07) is 9.58. The standard InChI is InChI=1S/C17H22N2O2S/c1-13-4-2-3-5-16(13)19-17(21)18-9-6-14(7-10-20)15-8-11-22-12-15/h2-5,8,11-12,14,20H,6-7,9-10H2,1H3,(H2,18,19,21)/t14-/m0/s1. The van der Waals surface area contributed by atoms with Crippen molar-refractivity contribution >= 4 is 23.1 Å². The molecule has 1 heterocycles. The predicted molar refractivity (Wildman–Crippen MR) is 91.6 cm³/mol. The van der Waals surface area contributed by atoms with E-state index >= 15 is 0 Å². The van der Waals surface area contributed by atoms with Gasteiger partial charge in [0.15, 0.2) is 0 Å². The highest BCUT2D eigenvalue weighted by atomic mass is 32.1. The maximum atomic E-state index is 11.9. The molecular formula is C17H22N2O2S. The van der Waals surface area contributed by atoms with Crippen LogP contribution in [0.15, 0.2) is 41.1 Å². The molecule has 2 aromatic rings. The van der Waals surface area contributed by atoms with E-state index in [0.29, 0.717) is 6.54 Å². The van der Waals surface area contributed by atoms with Crippen molar-refractivity contribution < 1.29 is 9.90 Å². The van der Waals surface area contributed by atoms with E-state index < -0.39 is 0 Å². The van der Waals surface area contributed by atoms with Gasteiger partial charge in [-0.05, 0) is 59.7 Å². The quantitative estimate of drug-likeness (QED) is 0.728. The van der Waals surface area contributed by atoms with Gasteiger partial charge in [0.05, 0.1) is 0 Å². The highest BCUT2D eigenvalue weighted by Gasteiger charge is 2.12. The fraction of sp³-hybridized carbons (Fsp3) is 0.353. The molecule has 1 aromatic carbocycles. The Bertz CT molecular complexity index is 584. The minimum absolute atomic E-state index is 0.163. The topological polar surface area (TPSA) is 61.4 Å². The highest BCUT2D eigenvalue weighted by molar-refractivity contribution is 7.07. The molecule has 118 valence electrons. The van der Waals surface area contributed by atoms with Gasteiger partial charge in [0.2, 0.25) is 0 Å². The average molecular weight is 318 g/mol. The van der Waals surface area contributed by atoms with Crippen molar-refractivity contribution in [2.24, 2.45) is 0 Å². The van der Waals surface area contributed by atoms with Crippen LogP contribution in [0, 0.1) is 6.92 Å². The van der Waals surface area contributed by atoms with Gasteiger partial charge in [0.25, 0.3) is 0 Å². The Balaban J connectivity index is 1.79. The molecule has 0 aliphatic rings. The van der Waals surface area contributed by atoms with E-state index in [1.165, 1.54) is 5.56 Å². The lowest BCUT2D eigenvalue weighted by Gasteiger charge is -2.15. The number of aliphatic hydroxyl groups is 1. The van der Waals surface area contributed by atoms with Gasteiger partial charge in [-0.15, -0.1) is 0 Å². The molecule has 1 atom stereocenters. The summed E-state index contributed by atoms with van der Waals surface area (Å²) in [5.41, 5.74) is 3.10. The first kappa shape index (κ1) is 16.5. The number of hydrogen-bond acceptors (Lipinski definition) is 3. The second-order valence-electron chi connectivity index (χ2n) is 5.25. The Labute approximate surface area is 135 Å². The molecule has 2 amide bonds. The number of para-hydroxylation sites is 1. The van der Waals surface area contributed by atoms with E-state index in [1.807, 2.05) is 36.6 Å². The van der Waals surface area contributed by atoms with Crippen molar-refractivity contribution in [3.05, 3.63) is 52.2 Å². The van der Waals surface area contributed by atoms with Gasteiger partial charge in [-0.2, -0.15) is 11.3 Å². The number of thiophene rings is 1. The van der Waals surface area contributed by atoms with Crippen LogP contribution in [0.3, 0.4) is 0 Å². The summed E-state index contributed by atoms with van der Waals surface area (Å²) < 4.78 is 0. The summed E-state index contributed by atoms with van der Waals surface area (Å²) in [6.07, 6.45) is 1.54. The largest absolute Gasteiger partial charge is 0.396 e. The monoisotopic (exact) mass is 318 g/mol. The highest BCUT2D eigenvalue weighted by Crippen LogP contribution is 2.24. The second kappa shape index (κ2) is 8.56. The number of amides is 2. The SMILES string of the molecule is Cc1ccccc1NC(=O)NCC[C@@H](CCO)c1ccsc1. The summed E-state index contributed by atoms with van der Waals surface area (Å²) in [4.78, 5) is 11.9. The Morgan fingerprint density at radius 3 is 2.77 bits per heavy atom. The number of anilines is 1. The zero-order valence-electron chi connectivity index (χ0n) is 12.7. The fourth-order valence-corrected chi connectivity index (χ4v) is 3.12. The molecule has 1 aromatic heterocycles.